The van der Waals surface area contributed by atoms with Crippen LogP contribution in [0.15, 0.2) is 18.2 Å². The van der Waals surface area contributed by atoms with E-state index in [0.717, 1.165) is 35.4 Å². The maximum absolute atomic E-state index is 13.9. The molecule has 8 heteroatoms. The summed E-state index contributed by atoms with van der Waals surface area (Å²) in [5, 5.41) is 7.61. The van der Waals surface area contributed by atoms with E-state index in [4.69, 9.17) is 4.74 Å². The average Bonchev–Trinajstić information content (AvgIpc) is 3.51. The Morgan fingerprint density at radius 2 is 2.12 bits per heavy atom. The van der Waals surface area contributed by atoms with E-state index in [1.165, 1.54) is 13.2 Å². The number of hydrogen-bond donors (Lipinski definition) is 1. The van der Waals surface area contributed by atoms with Gasteiger partial charge in [0.1, 0.15) is 0 Å². The summed E-state index contributed by atoms with van der Waals surface area (Å²) in [5.74, 6) is -0.123. The van der Waals surface area contributed by atoms with Crippen LogP contribution < -0.4 is 10.1 Å². The minimum Gasteiger partial charge on any atom is -0.494 e. The molecule has 2 heterocycles. The number of rotatable bonds is 9. The van der Waals surface area contributed by atoms with Crippen molar-refractivity contribution in [3.8, 4) is 5.75 Å². The van der Waals surface area contributed by atoms with Crippen molar-refractivity contribution in [2.75, 3.05) is 7.11 Å². The van der Waals surface area contributed by atoms with Crippen molar-refractivity contribution in [3.05, 3.63) is 46.5 Å². The van der Waals surface area contributed by atoms with Crippen molar-refractivity contribution in [1.82, 2.24) is 20.0 Å². The van der Waals surface area contributed by atoms with Gasteiger partial charge in [-0.15, -0.1) is 0 Å². The summed E-state index contributed by atoms with van der Waals surface area (Å²) in [7, 11) is 3.36. The predicted octanol–water partition coefficient (Wildman–Crippen LogP) is 3.35. The van der Waals surface area contributed by atoms with Gasteiger partial charge >= 0.3 is 0 Å². The standard InChI is InChI=1S/C25H33FN4O3/c1-16-20(17(2)29(3)28-16)15-30(19-6-7-19)24(32)10-12-25(11-9-23(31)27-25)14-18-5-8-21(26)22(13-18)33-4/h5,8,13,19H,6-7,9-12,14-15H2,1-4H3,(H,27,31)/t25-/m0/s1. The zero-order chi connectivity index (χ0) is 23.8. The van der Waals surface area contributed by atoms with E-state index in [1.54, 1.807) is 12.1 Å². The number of carbonyl (C=O) groups is 2. The number of methoxy groups -OCH3 is 1. The Morgan fingerprint density at radius 3 is 2.70 bits per heavy atom. The molecule has 0 radical (unpaired) electrons. The largest absolute Gasteiger partial charge is 0.494 e. The summed E-state index contributed by atoms with van der Waals surface area (Å²) in [6, 6.07) is 5.06. The quantitative estimate of drug-likeness (QED) is 0.628. The Bertz CT molecular complexity index is 1060. The molecule has 1 aliphatic heterocycles. The number of halogens is 1. The van der Waals surface area contributed by atoms with Crippen molar-refractivity contribution in [1.29, 1.82) is 0 Å². The number of ether oxygens (including phenoxy) is 1. The van der Waals surface area contributed by atoms with Crippen LogP contribution in [0.1, 0.15) is 61.0 Å². The van der Waals surface area contributed by atoms with Gasteiger partial charge in [0.2, 0.25) is 11.8 Å². The Hall–Kier alpha value is -2.90. The maximum Gasteiger partial charge on any atom is 0.223 e. The minimum atomic E-state index is -0.509. The molecule has 0 unspecified atom stereocenters. The Balaban J connectivity index is 1.48. The van der Waals surface area contributed by atoms with Crippen LogP contribution in [0.2, 0.25) is 0 Å². The fourth-order valence-corrected chi connectivity index (χ4v) is 4.90. The summed E-state index contributed by atoms with van der Waals surface area (Å²) in [4.78, 5) is 27.5. The molecule has 1 aromatic heterocycles. The Kier molecular flexibility index (Phi) is 6.45. The monoisotopic (exact) mass is 456 g/mol. The van der Waals surface area contributed by atoms with Gasteiger partial charge in [-0.2, -0.15) is 5.10 Å². The molecule has 1 saturated carbocycles. The highest BCUT2D eigenvalue weighted by Gasteiger charge is 2.40. The van der Waals surface area contributed by atoms with Crippen molar-refractivity contribution < 1.29 is 18.7 Å². The van der Waals surface area contributed by atoms with Gasteiger partial charge in [-0.3, -0.25) is 14.3 Å². The first-order chi connectivity index (χ1) is 15.7. The number of nitrogens with zero attached hydrogens (tertiary/aromatic N) is 3. The molecule has 1 atom stereocenters. The van der Waals surface area contributed by atoms with Crippen molar-refractivity contribution in [2.24, 2.45) is 7.05 Å². The van der Waals surface area contributed by atoms with E-state index < -0.39 is 11.4 Å². The third-order valence-electron chi connectivity index (χ3n) is 7.11. The zero-order valence-electron chi connectivity index (χ0n) is 19.9. The number of aryl methyl sites for hydroxylation is 2. The number of hydrogen-bond acceptors (Lipinski definition) is 4. The molecule has 33 heavy (non-hydrogen) atoms. The average molecular weight is 457 g/mol. The van der Waals surface area contributed by atoms with E-state index in [0.29, 0.717) is 38.6 Å². The van der Waals surface area contributed by atoms with E-state index >= 15 is 0 Å². The molecule has 1 aromatic carbocycles. The second-order valence-corrected chi connectivity index (χ2v) is 9.50. The highest BCUT2D eigenvalue weighted by atomic mass is 19.1. The molecule has 2 amide bonds. The number of amides is 2. The first-order valence-corrected chi connectivity index (χ1v) is 11.6. The first kappa shape index (κ1) is 23.3. The SMILES string of the molecule is COc1cc(C[C@@]2(CCC(=O)N(Cc3c(C)nn(C)c3C)C3CC3)CCC(=O)N2)ccc1F. The van der Waals surface area contributed by atoms with Crippen molar-refractivity contribution >= 4 is 11.8 Å². The van der Waals surface area contributed by atoms with Gasteiger partial charge in [0.25, 0.3) is 0 Å². The van der Waals surface area contributed by atoms with Crippen LogP contribution in [-0.2, 0) is 29.6 Å². The fourth-order valence-electron chi connectivity index (χ4n) is 4.90. The third kappa shape index (κ3) is 5.04. The van der Waals surface area contributed by atoms with Gasteiger partial charge in [0.15, 0.2) is 11.6 Å². The molecule has 4 rings (SSSR count). The summed E-state index contributed by atoms with van der Waals surface area (Å²) >= 11 is 0. The molecule has 1 saturated heterocycles. The first-order valence-electron chi connectivity index (χ1n) is 11.6. The summed E-state index contributed by atoms with van der Waals surface area (Å²) in [5.41, 5.74) is 3.52. The van der Waals surface area contributed by atoms with E-state index in [-0.39, 0.29) is 23.6 Å². The van der Waals surface area contributed by atoms with E-state index in [9.17, 15) is 14.0 Å². The number of nitrogens with one attached hydrogen (secondary N) is 1. The highest BCUT2D eigenvalue weighted by Crippen LogP contribution is 2.34. The van der Waals surface area contributed by atoms with Gasteiger partial charge < -0.3 is 15.0 Å². The normalized spacial score (nSPS) is 20.1. The van der Waals surface area contributed by atoms with Gasteiger partial charge in [-0.1, -0.05) is 6.07 Å². The van der Waals surface area contributed by atoms with Crippen LogP contribution in [0.25, 0.3) is 0 Å². The van der Waals surface area contributed by atoms with Crippen LogP contribution in [-0.4, -0.2) is 45.2 Å². The van der Waals surface area contributed by atoms with Gasteiger partial charge in [0, 0.05) is 49.3 Å². The molecule has 7 nitrogen and oxygen atoms in total. The van der Waals surface area contributed by atoms with E-state index in [1.807, 2.05) is 30.5 Å². The van der Waals surface area contributed by atoms with Crippen LogP contribution in [0.5, 0.6) is 5.75 Å². The lowest BCUT2D eigenvalue weighted by molar-refractivity contribution is -0.133. The van der Waals surface area contributed by atoms with Crippen LogP contribution in [0.4, 0.5) is 4.39 Å². The Labute approximate surface area is 194 Å². The molecule has 1 aliphatic carbocycles. The summed E-state index contributed by atoms with van der Waals surface area (Å²) in [6.07, 6.45) is 4.59. The lowest BCUT2D eigenvalue weighted by Gasteiger charge is -2.31. The predicted molar refractivity (Wildman–Crippen MR) is 122 cm³/mol. The smallest absolute Gasteiger partial charge is 0.223 e. The summed E-state index contributed by atoms with van der Waals surface area (Å²) in [6.45, 7) is 4.59. The van der Waals surface area contributed by atoms with Crippen LogP contribution in [0, 0.1) is 19.7 Å². The molecule has 0 spiro atoms. The molecule has 1 N–H and O–H groups in total. The highest BCUT2D eigenvalue weighted by molar-refractivity contribution is 5.80. The van der Waals surface area contributed by atoms with Crippen LogP contribution >= 0.6 is 0 Å². The van der Waals surface area contributed by atoms with Crippen molar-refractivity contribution in [2.45, 2.75) is 76.9 Å². The molecule has 2 fully saturated rings. The third-order valence-corrected chi connectivity index (χ3v) is 7.11. The number of benzene rings is 1. The molecule has 2 aromatic rings. The molecular formula is C25H33FN4O3. The minimum absolute atomic E-state index is 0.00261. The molecular weight excluding hydrogens is 423 g/mol. The lowest BCUT2D eigenvalue weighted by Crippen LogP contribution is -2.45. The van der Waals surface area contributed by atoms with E-state index in [2.05, 4.69) is 10.4 Å². The maximum atomic E-state index is 13.9. The molecule has 178 valence electrons. The molecule has 2 aliphatic rings. The van der Waals surface area contributed by atoms with Crippen LogP contribution in [0.3, 0.4) is 0 Å². The van der Waals surface area contributed by atoms with Gasteiger partial charge in [-0.05, 0) is 63.6 Å². The number of aromatic nitrogens is 2. The second-order valence-electron chi connectivity index (χ2n) is 9.50. The van der Waals surface area contributed by atoms with Crippen molar-refractivity contribution in [3.63, 3.8) is 0 Å². The zero-order valence-corrected chi connectivity index (χ0v) is 19.9. The molecule has 0 bridgehead atoms. The lowest BCUT2D eigenvalue weighted by atomic mass is 9.84. The van der Waals surface area contributed by atoms with Gasteiger partial charge in [-0.25, -0.2) is 4.39 Å². The summed E-state index contributed by atoms with van der Waals surface area (Å²) < 4.78 is 20.8. The second kappa shape index (κ2) is 9.15. The number of carbonyl (C=O) groups excluding carboxylic acids is 2. The van der Waals surface area contributed by atoms with Gasteiger partial charge in [0.05, 0.1) is 12.8 Å². The fraction of sp³-hybridized carbons (Fsp3) is 0.560. The Morgan fingerprint density at radius 1 is 1.36 bits per heavy atom. The topological polar surface area (TPSA) is 76.5 Å².